The molecule has 0 amide bonds. The third-order valence-electron chi connectivity index (χ3n) is 2.56. The van der Waals surface area contributed by atoms with E-state index in [2.05, 4.69) is 0 Å². The SMILES string of the molecule is COc1ccc2c(c1)CCC(CN)O2. The maximum absolute atomic E-state index is 5.70. The van der Waals surface area contributed by atoms with Gasteiger partial charge >= 0.3 is 0 Å². The van der Waals surface area contributed by atoms with Gasteiger partial charge in [0.25, 0.3) is 0 Å². The van der Waals surface area contributed by atoms with Crippen LogP contribution in [0.3, 0.4) is 0 Å². The van der Waals surface area contributed by atoms with Gasteiger partial charge in [0.15, 0.2) is 0 Å². The Morgan fingerprint density at radius 3 is 3.14 bits per heavy atom. The summed E-state index contributed by atoms with van der Waals surface area (Å²) in [6.45, 7) is 0.589. The van der Waals surface area contributed by atoms with Gasteiger partial charge in [-0.05, 0) is 36.6 Å². The number of aryl methyl sites for hydroxylation is 1. The number of hydrogen-bond acceptors (Lipinski definition) is 3. The second kappa shape index (κ2) is 3.88. The summed E-state index contributed by atoms with van der Waals surface area (Å²) in [7, 11) is 1.67. The molecule has 1 heterocycles. The van der Waals surface area contributed by atoms with Gasteiger partial charge in [-0.1, -0.05) is 0 Å². The van der Waals surface area contributed by atoms with Crippen LogP contribution in [0, 0.1) is 0 Å². The van der Waals surface area contributed by atoms with E-state index in [1.165, 1.54) is 5.56 Å². The van der Waals surface area contributed by atoms with E-state index >= 15 is 0 Å². The van der Waals surface area contributed by atoms with Crippen LogP contribution in [0.4, 0.5) is 0 Å². The standard InChI is InChI=1S/C11H15NO2/c1-13-9-4-5-11-8(6-9)2-3-10(7-12)14-11/h4-6,10H,2-3,7,12H2,1H3. The molecule has 14 heavy (non-hydrogen) atoms. The van der Waals surface area contributed by atoms with Gasteiger partial charge in [-0.3, -0.25) is 0 Å². The lowest BCUT2D eigenvalue weighted by Crippen LogP contribution is -2.30. The first-order valence-electron chi connectivity index (χ1n) is 4.87. The molecule has 1 aromatic carbocycles. The molecule has 0 spiro atoms. The predicted molar refractivity (Wildman–Crippen MR) is 54.8 cm³/mol. The molecule has 1 aliphatic heterocycles. The molecular formula is C11H15NO2. The minimum absolute atomic E-state index is 0.177. The van der Waals surface area contributed by atoms with Crippen molar-refractivity contribution < 1.29 is 9.47 Å². The van der Waals surface area contributed by atoms with Gasteiger partial charge in [0.1, 0.15) is 17.6 Å². The molecule has 2 rings (SSSR count). The largest absolute Gasteiger partial charge is 0.497 e. The number of fused-ring (bicyclic) bond motifs is 1. The molecule has 2 N–H and O–H groups in total. The topological polar surface area (TPSA) is 44.5 Å². The third-order valence-corrected chi connectivity index (χ3v) is 2.56. The highest BCUT2D eigenvalue weighted by Crippen LogP contribution is 2.30. The molecule has 0 aromatic heterocycles. The monoisotopic (exact) mass is 193 g/mol. The van der Waals surface area contributed by atoms with Crippen LogP contribution in [-0.2, 0) is 6.42 Å². The van der Waals surface area contributed by atoms with E-state index in [1.54, 1.807) is 7.11 Å². The van der Waals surface area contributed by atoms with Crippen molar-refractivity contribution in [3.8, 4) is 11.5 Å². The summed E-state index contributed by atoms with van der Waals surface area (Å²) in [5.41, 5.74) is 6.78. The fraction of sp³-hybridized carbons (Fsp3) is 0.455. The first-order chi connectivity index (χ1) is 6.83. The number of benzene rings is 1. The highest BCUT2D eigenvalue weighted by Gasteiger charge is 2.18. The number of methoxy groups -OCH3 is 1. The number of hydrogen-bond donors (Lipinski definition) is 1. The van der Waals surface area contributed by atoms with Crippen molar-refractivity contribution in [1.82, 2.24) is 0 Å². The maximum atomic E-state index is 5.70. The maximum Gasteiger partial charge on any atom is 0.123 e. The average Bonchev–Trinajstić information content (AvgIpc) is 2.27. The van der Waals surface area contributed by atoms with Crippen LogP contribution in [0.5, 0.6) is 11.5 Å². The summed E-state index contributed by atoms with van der Waals surface area (Å²) >= 11 is 0. The lowest BCUT2D eigenvalue weighted by atomic mass is 10.0. The minimum Gasteiger partial charge on any atom is -0.497 e. The Morgan fingerprint density at radius 1 is 1.57 bits per heavy atom. The highest BCUT2D eigenvalue weighted by atomic mass is 16.5. The first kappa shape index (κ1) is 9.34. The predicted octanol–water partition coefficient (Wildman–Crippen LogP) is 1.35. The number of nitrogens with two attached hydrogens (primary N) is 1. The van der Waals surface area contributed by atoms with Crippen LogP contribution in [-0.4, -0.2) is 19.8 Å². The lowest BCUT2D eigenvalue weighted by molar-refractivity contribution is 0.181. The second-order valence-electron chi connectivity index (χ2n) is 3.49. The van der Waals surface area contributed by atoms with E-state index in [9.17, 15) is 0 Å². The summed E-state index contributed by atoms with van der Waals surface area (Å²) < 4.78 is 10.9. The van der Waals surface area contributed by atoms with E-state index in [1.807, 2.05) is 18.2 Å². The number of rotatable bonds is 2. The normalized spacial score (nSPS) is 19.7. The molecule has 0 saturated carbocycles. The Morgan fingerprint density at radius 2 is 2.43 bits per heavy atom. The summed E-state index contributed by atoms with van der Waals surface area (Å²) in [4.78, 5) is 0. The smallest absolute Gasteiger partial charge is 0.123 e. The molecule has 0 bridgehead atoms. The van der Waals surface area contributed by atoms with E-state index in [0.29, 0.717) is 6.54 Å². The molecule has 1 aromatic rings. The summed E-state index contributed by atoms with van der Waals surface area (Å²) in [6, 6.07) is 5.90. The minimum atomic E-state index is 0.177. The van der Waals surface area contributed by atoms with Crippen molar-refractivity contribution in [3.05, 3.63) is 23.8 Å². The molecule has 3 nitrogen and oxygen atoms in total. The second-order valence-corrected chi connectivity index (χ2v) is 3.49. The summed E-state index contributed by atoms with van der Waals surface area (Å²) in [5, 5.41) is 0. The average molecular weight is 193 g/mol. The van der Waals surface area contributed by atoms with E-state index < -0.39 is 0 Å². The van der Waals surface area contributed by atoms with Crippen molar-refractivity contribution in [2.24, 2.45) is 5.73 Å². The van der Waals surface area contributed by atoms with Crippen molar-refractivity contribution in [2.75, 3.05) is 13.7 Å². The van der Waals surface area contributed by atoms with Gasteiger partial charge in [-0.15, -0.1) is 0 Å². The molecule has 0 fully saturated rings. The van der Waals surface area contributed by atoms with Gasteiger partial charge in [0, 0.05) is 6.54 Å². The van der Waals surface area contributed by atoms with Crippen LogP contribution in [0.25, 0.3) is 0 Å². The van der Waals surface area contributed by atoms with Crippen LogP contribution < -0.4 is 15.2 Å². The molecule has 0 radical (unpaired) electrons. The molecule has 0 aliphatic carbocycles. The van der Waals surface area contributed by atoms with Crippen molar-refractivity contribution >= 4 is 0 Å². The molecule has 0 saturated heterocycles. The fourth-order valence-corrected chi connectivity index (χ4v) is 1.71. The van der Waals surface area contributed by atoms with Gasteiger partial charge in [0.2, 0.25) is 0 Å². The van der Waals surface area contributed by atoms with Crippen LogP contribution >= 0.6 is 0 Å². The van der Waals surface area contributed by atoms with E-state index in [-0.39, 0.29) is 6.10 Å². The van der Waals surface area contributed by atoms with Gasteiger partial charge < -0.3 is 15.2 Å². The van der Waals surface area contributed by atoms with Gasteiger partial charge in [-0.25, -0.2) is 0 Å². The Bertz CT molecular complexity index is 325. The quantitative estimate of drug-likeness (QED) is 0.771. The van der Waals surface area contributed by atoms with Crippen LogP contribution in [0.2, 0.25) is 0 Å². The molecule has 76 valence electrons. The van der Waals surface area contributed by atoms with Gasteiger partial charge in [-0.2, -0.15) is 0 Å². The zero-order valence-electron chi connectivity index (χ0n) is 8.32. The van der Waals surface area contributed by atoms with Crippen molar-refractivity contribution in [1.29, 1.82) is 0 Å². The van der Waals surface area contributed by atoms with Crippen molar-refractivity contribution in [2.45, 2.75) is 18.9 Å². The molecule has 1 unspecified atom stereocenters. The van der Waals surface area contributed by atoms with Gasteiger partial charge in [0.05, 0.1) is 7.11 Å². The molecule has 1 atom stereocenters. The Hall–Kier alpha value is -1.22. The Kier molecular flexibility index (Phi) is 2.59. The van der Waals surface area contributed by atoms with Crippen LogP contribution in [0.15, 0.2) is 18.2 Å². The zero-order chi connectivity index (χ0) is 9.97. The zero-order valence-corrected chi connectivity index (χ0v) is 8.32. The highest BCUT2D eigenvalue weighted by molar-refractivity contribution is 5.41. The molecular weight excluding hydrogens is 178 g/mol. The third kappa shape index (κ3) is 1.68. The molecule has 3 heteroatoms. The molecule has 1 aliphatic rings. The van der Waals surface area contributed by atoms with Crippen LogP contribution in [0.1, 0.15) is 12.0 Å². The van der Waals surface area contributed by atoms with Crippen molar-refractivity contribution in [3.63, 3.8) is 0 Å². The Balaban J connectivity index is 2.23. The van der Waals surface area contributed by atoms with E-state index in [4.69, 9.17) is 15.2 Å². The lowest BCUT2D eigenvalue weighted by Gasteiger charge is -2.25. The number of ether oxygens (including phenoxy) is 2. The summed E-state index contributed by atoms with van der Waals surface area (Å²) in [5.74, 6) is 1.84. The first-order valence-corrected chi connectivity index (χ1v) is 4.87. The fourth-order valence-electron chi connectivity index (χ4n) is 1.71. The Labute approximate surface area is 83.8 Å². The summed E-state index contributed by atoms with van der Waals surface area (Å²) in [6.07, 6.45) is 2.20. The van der Waals surface area contributed by atoms with E-state index in [0.717, 1.165) is 24.3 Å².